The van der Waals surface area contributed by atoms with Crippen LogP contribution < -0.4 is 15.4 Å². The van der Waals surface area contributed by atoms with Gasteiger partial charge < -0.3 is 19.9 Å². The Morgan fingerprint density at radius 3 is 2.64 bits per heavy atom. The average molecular weight is 400 g/mol. The fraction of sp³-hybridized carbons (Fsp3) is 0.250. The van der Waals surface area contributed by atoms with E-state index in [-0.39, 0.29) is 6.54 Å². The van der Waals surface area contributed by atoms with Crippen LogP contribution in [0.1, 0.15) is 12.8 Å². The SMILES string of the molecule is CCNC(=NCc1nc(-c2ccc(Cl)cc2)no1)NCCOc1ccccc1. The molecule has 7 nitrogen and oxygen atoms in total. The molecule has 0 bridgehead atoms. The monoisotopic (exact) mass is 399 g/mol. The maximum Gasteiger partial charge on any atom is 0.248 e. The van der Waals surface area contributed by atoms with E-state index in [1.54, 1.807) is 12.1 Å². The predicted molar refractivity (Wildman–Crippen MR) is 109 cm³/mol. The highest BCUT2D eigenvalue weighted by molar-refractivity contribution is 6.30. The Labute approximate surface area is 168 Å². The summed E-state index contributed by atoms with van der Waals surface area (Å²) in [5, 5.41) is 11.0. The second-order valence-corrected chi connectivity index (χ2v) is 6.24. The van der Waals surface area contributed by atoms with Gasteiger partial charge in [-0.05, 0) is 43.3 Å². The third-order valence-electron chi connectivity index (χ3n) is 3.69. The predicted octanol–water partition coefficient (Wildman–Crippen LogP) is 3.52. The van der Waals surface area contributed by atoms with E-state index in [1.165, 1.54) is 0 Å². The molecule has 0 saturated heterocycles. The van der Waals surface area contributed by atoms with Gasteiger partial charge in [0.2, 0.25) is 11.7 Å². The van der Waals surface area contributed by atoms with E-state index >= 15 is 0 Å². The number of para-hydroxylation sites is 1. The Bertz CT molecular complexity index is 881. The number of guanidine groups is 1. The second-order valence-electron chi connectivity index (χ2n) is 5.80. The lowest BCUT2D eigenvalue weighted by atomic mass is 10.2. The number of nitrogens with zero attached hydrogens (tertiary/aromatic N) is 3. The molecule has 1 aromatic heterocycles. The molecule has 8 heteroatoms. The van der Waals surface area contributed by atoms with E-state index in [0.717, 1.165) is 17.9 Å². The molecule has 3 rings (SSSR count). The van der Waals surface area contributed by atoms with Gasteiger partial charge in [0.15, 0.2) is 5.96 Å². The third kappa shape index (κ3) is 5.99. The number of aromatic nitrogens is 2. The molecule has 0 aliphatic carbocycles. The van der Waals surface area contributed by atoms with Gasteiger partial charge >= 0.3 is 0 Å². The third-order valence-corrected chi connectivity index (χ3v) is 3.95. The van der Waals surface area contributed by atoms with Gasteiger partial charge in [0.25, 0.3) is 0 Å². The second kappa shape index (κ2) is 10.3. The number of hydrogen-bond acceptors (Lipinski definition) is 5. The van der Waals surface area contributed by atoms with Crippen LogP contribution in [-0.4, -0.2) is 35.8 Å². The summed E-state index contributed by atoms with van der Waals surface area (Å²) in [7, 11) is 0. The zero-order valence-corrected chi connectivity index (χ0v) is 16.3. The first kappa shape index (κ1) is 19.7. The Morgan fingerprint density at radius 1 is 1.11 bits per heavy atom. The van der Waals surface area contributed by atoms with E-state index in [4.69, 9.17) is 20.9 Å². The van der Waals surface area contributed by atoms with Crippen LogP contribution in [0.15, 0.2) is 64.1 Å². The van der Waals surface area contributed by atoms with Crippen LogP contribution in [0.4, 0.5) is 0 Å². The normalized spacial score (nSPS) is 11.3. The van der Waals surface area contributed by atoms with Crippen molar-refractivity contribution in [3.05, 3.63) is 65.5 Å². The zero-order chi connectivity index (χ0) is 19.6. The van der Waals surface area contributed by atoms with Gasteiger partial charge in [0.1, 0.15) is 18.9 Å². The number of halogens is 1. The van der Waals surface area contributed by atoms with Crippen LogP contribution in [0.3, 0.4) is 0 Å². The van der Waals surface area contributed by atoms with Crippen molar-refractivity contribution >= 4 is 17.6 Å². The molecule has 0 amide bonds. The van der Waals surface area contributed by atoms with Crippen molar-refractivity contribution < 1.29 is 9.26 Å². The van der Waals surface area contributed by atoms with Crippen LogP contribution >= 0.6 is 11.6 Å². The molecule has 146 valence electrons. The molecule has 3 aromatic rings. The highest BCUT2D eigenvalue weighted by Crippen LogP contribution is 2.18. The number of nitrogens with one attached hydrogen (secondary N) is 2. The number of rotatable bonds is 8. The lowest BCUT2D eigenvalue weighted by Crippen LogP contribution is -2.39. The molecule has 2 aromatic carbocycles. The van der Waals surface area contributed by atoms with Gasteiger partial charge in [-0.2, -0.15) is 4.98 Å². The average Bonchev–Trinajstić information content (AvgIpc) is 3.19. The summed E-state index contributed by atoms with van der Waals surface area (Å²) in [5.74, 6) is 2.44. The molecular formula is C20H22ClN5O2. The highest BCUT2D eigenvalue weighted by Gasteiger charge is 2.08. The minimum atomic E-state index is 0.273. The highest BCUT2D eigenvalue weighted by atomic mass is 35.5. The minimum absolute atomic E-state index is 0.273. The number of hydrogen-bond donors (Lipinski definition) is 2. The summed E-state index contributed by atoms with van der Waals surface area (Å²) in [6, 6.07) is 17.0. The Morgan fingerprint density at radius 2 is 1.89 bits per heavy atom. The van der Waals surface area contributed by atoms with Crippen LogP contribution in [0.2, 0.25) is 5.02 Å². The van der Waals surface area contributed by atoms with E-state index in [9.17, 15) is 0 Å². The van der Waals surface area contributed by atoms with Gasteiger partial charge in [-0.3, -0.25) is 0 Å². The molecule has 0 aliphatic heterocycles. The number of aliphatic imine (C=N–C) groups is 1. The molecule has 1 heterocycles. The topological polar surface area (TPSA) is 84.6 Å². The summed E-state index contributed by atoms with van der Waals surface area (Å²) in [6.45, 7) is 4.15. The standard InChI is InChI=1S/C20H22ClN5O2/c1-2-22-20(23-12-13-27-17-6-4-3-5-7-17)24-14-18-25-19(26-28-18)15-8-10-16(21)11-9-15/h3-11H,2,12-14H2,1H3,(H2,22,23,24). The van der Waals surface area contributed by atoms with Crippen LogP contribution in [0.5, 0.6) is 5.75 Å². The van der Waals surface area contributed by atoms with Crippen LogP contribution in [0, 0.1) is 0 Å². The molecule has 0 unspecified atom stereocenters. The van der Waals surface area contributed by atoms with Crippen molar-refractivity contribution in [3.8, 4) is 17.1 Å². The van der Waals surface area contributed by atoms with E-state index < -0.39 is 0 Å². The molecule has 0 fully saturated rings. The van der Waals surface area contributed by atoms with Crippen molar-refractivity contribution in [2.75, 3.05) is 19.7 Å². The quantitative estimate of drug-likeness (QED) is 0.342. The summed E-state index contributed by atoms with van der Waals surface area (Å²) >= 11 is 5.90. The fourth-order valence-corrected chi connectivity index (χ4v) is 2.50. The van der Waals surface area contributed by atoms with Gasteiger partial charge in [-0.25, -0.2) is 4.99 Å². The number of ether oxygens (including phenoxy) is 1. The summed E-state index contributed by atoms with van der Waals surface area (Å²) in [4.78, 5) is 8.84. The van der Waals surface area contributed by atoms with Gasteiger partial charge in [0, 0.05) is 17.1 Å². The number of benzene rings is 2. The lowest BCUT2D eigenvalue weighted by Gasteiger charge is -2.11. The van der Waals surface area contributed by atoms with Gasteiger partial charge in [0.05, 0.1) is 6.54 Å². The first-order valence-corrected chi connectivity index (χ1v) is 9.41. The van der Waals surface area contributed by atoms with Crippen LogP contribution in [-0.2, 0) is 6.54 Å². The molecule has 0 radical (unpaired) electrons. The van der Waals surface area contributed by atoms with Gasteiger partial charge in [-0.15, -0.1) is 0 Å². The summed E-state index contributed by atoms with van der Waals surface area (Å²) < 4.78 is 10.9. The Kier molecular flexibility index (Phi) is 7.26. The minimum Gasteiger partial charge on any atom is -0.492 e. The molecule has 0 atom stereocenters. The summed E-state index contributed by atoms with van der Waals surface area (Å²) in [5.41, 5.74) is 0.839. The molecule has 0 saturated carbocycles. The molecular weight excluding hydrogens is 378 g/mol. The van der Waals surface area contributed by atoms with E-state index in [0.29, 0.717) is 35.8 Å². The van der Waals surface area contributed by atoms with Crippen molar-refractivity contribution in [1.82, 2.24) is 20.8 Å². The zero-order valence-electron chi connectivity index (χ0n) is 15.6. The van der Waals surface area contributed by atoms with Crippen molar-refractivity contribution in [1.29, 1.82) is 0 Å². The van der Waals surface area contributed by atoms with Crippen molar-refractivity contribution in [2.45, 2.75) is 13.5 Å². The maximum absolute atomic E-state index is 5.90. The summed E-state index contributed by atoms with van der Waals surface area (Å²) in [6.07, 6.45) is 0. The Hall–Kier alpha value is -3.06. The van der Waals surface area contributed by atoms with Crippen LogP contribution in [0.25, 0.3) is 11.4 Å². The first-order valence-electron chi connectivity index (χ1n) is 9.03. The fourth-order valence-electron chi connectivity index (χ4n) is 2.38. The molecule has 2 N–H and O–H groups in total. The van der Waals surface area contributed by atoms with E-state index in [2.05, 4.69) is 25.8 Å². The maximum atomic E-state index is 5.90. The molecule has 0 spiro atoms. The molecule has 0 aliphatic rings. The lowest BCUT2D eigenvalue weighted by molar-refractivity contribution is 0.322. The Balaban J connectivity index is 1.51. The van der Waals surface area contributed by atoms with Crippen molar-refractivity contribution in [3.63, 3.8) is 0 Å². The largest absolute Gasteiger partial charge is 0.492 e. The smallest absolute Gasteiger partial charge is 0.248 e. The van der Waals surface area contributed by atoms with Gasteiger partial charge in [-0.1, -0.05) is 35.0 Å². The molecule has 28 heavy (non-hydrogen) atoms. The van der Waals surface area contributed by atoms with E-state index in [1.807, 2.05) is 49.4 Å². The van der Waals surface area contributed by atoms with Crippen molar-refractivity contribution in [2.24, 2.45) is 4.99 Å². The first-order chi connectivity index (χ1) is 13.7.